The van der Waals surface area contributed by atoms with Crippen molar-refractivity contribution in [2.75, 3.05) is 18.5 Å². The number of benzene rings is 1. The van der Waals surface area contributed by atoms with Crippen LogP contribution in [0.25, 0.3) is 0 Å². The van der Waals surface area contributed by atoms with Crippen molar-refractivity contribution in [3.8, 4) is 0 Å². The number of aryl methyl sites for hydroxylation is 1. The third-order valence-electron chi connectivity index (χ3n) is 4.32. The first-order chi connectivity index (χ1) is 15.0. The van der Waals surface area contributed by atoms with E-state index in [1.807, 2.05) is 0 Å². The molecule has 0 saturated heterocycles. The second-order valence-corrected chi connectivity index (χ2v) is 6.73. The summed E-state index contributed by atoms with van der Waals surface area (Å²) in [5.41, 5.74) is -9.81. The molecule has 186 valence electrons. The van der Waals surface area contributed by atoms with E-state index >= 15 is 0 Å². The SMILES string of the molecule is CCOC(=O)[C@@](NC(C)=O)(Nc1ccc([C@](O)(C(=O)OCC)C(F)(F)F)cc1C)C(F)(F)F. The zero-order chi connectivity index (χ0) is 25.8. The maximum Gasteiger partial charge on any atom is 0.441 e. The van der Waals surface area contributed by atoms with Crippen molar-refractivity contribution < 1.29 is 55.3 Å². The van der Waals surface area contributed by atoms with Gasteiger partial charge in [-0.1, -0.05) is 12.1 Å². The molecule has 0 aromatic heterocycles. The first kappa shape index (κ1) is 28.0. The molecule has 3 N–H and O–H groups in total. The van der Waals surface area contributed by atoms with Crippen LogP contribution in [0, 0.1) is 6.92 Å². The molecular formula is C19H22F6N2O6. The molecule has 0 aliphatic rings. The van der Waals surface area contributed by atoms with Crippen LogP contribution < -0.4 is 10.6 Å². The fourth-order valence-corrected chi connectivity index (χ4v) is 2.76. The van der Waals surface area contributed by atoms with Gasteiger partial charge in [0.15, 0.2) is 0 Å². The van der Waals surface area contributed by atoms with Crippen LogP contribution in [-0.2, 0) is 29.5 Å². The average Bonchev–Trinajstić information content (AvgIpc) is 2.66. The molecule has 1 aromatic rings. The molecule has 0 bridgehead atoms. The lowest BCUT2D eigenvalue weighted by atomic mass is 9.91. The van der Waals surface area contributed by atoms with Crippen molar-refractivity contribution in [3.05, 3.63) is 29.3 Å². The Morgan fingerprint density at radius 2 is 1.45 bits per heavy atom. The smallest absolute Gasteiger partial charge is 0.441 e. The zero-order valence-corrected chi connectivity index (χ0v) is 17.9. The lowest BCUT2D eigenvalue weighted by Gasteiger charge is -2.35. The summed E-state index contributed by atoms with van der Waals surface area (Å²) in [6.45, 7) is 3.23. The Morgan fingerprint density at radius 3 is 1.85 bits per heavy atom. The molecule has 1 aromatic carbocycles. The van der Waals surface area contributed by atoms with Gasteiger partial charge in [-0.05, 0) is 32.4 Å². The Balaban J connectivity index is 3.63. The van der Waals surface area contributed by atoms with Crippen molar-refractivity contribution in [3.63, 3.8) is 0 Å². The van der Waals surface area contributed by atoms with E-state index in [0.29, 0.717) is 25.1 Å². The van der Waals surface area contributed by atoms with Crippen LogP contribution in [-0.4, -0.2) is 54.2 Å². The summed E-state index contributed by atoms with van der Waals surface area (Å²) in [5, 5.41) is 13.4. The van der Waals surface area contributed by atoms with E-state index in [4.69, 9.17) is 0 Å². The van der Waals surface area contributed by atoms with Crippen molar-refractivity contribution >= 4 is 23.5 Å². The van der Waals surface area contributed by atoms with Gasteiger partial charge in [-0.25, -0.2) is 9.59 Å². The first-order valence-corrected chi connectivity index (χ1v) is 9.36. The van der Waals surface area contributed by atoms with E-state index in [1.54, 1.807) is 5.32 Å². The van der Waals surface area contributed by atoms with Gasteiger partial charge >= 0.3 is 30.0 Å². The van der Waals surface area contributed by atoms with E-state index in [1.165, 1.54) is 19.2 Å². The third-order valence-corrected chi connectivity index (χ3v) is 4.32. The van der Waals surface area contributed by atoms with Crippen LogP contribution in [0.2, 0.25) is 0 Å². The summed E-state index contributed by atoms with van der Waals surface area (Å²) in [6, 6.07) is 1.79. The number of amides is 1. The average molecular weight is 488 g/mol. The Bertz CT molecular complexity index is 904. The highest BCUT2D eigenvalue weighted by molar-refractivity contribution is 5.91. The molecule has 1 amide bonds. The zero-order valence-electron chi connectivity index (χ0n) is 17.9. The number of ether oxygens (including phenoxy) is 2. The number of rotatable bonds is 8. The Kier molecular flexibility index (Phi) is 8.36. The van der Waals surface area contributed by atoms with E-state index in [0.717, 1.165) is 6.92 Å². The molecule has 0 heterocycles. The molecule has 0 fully saturated rings. The molecular weight excluding hydrogens is 466 g/mol. The maximum absolute atomic E-state index is 13.9. The standard InChI is InChI=1S/C19H22F6N2O6/c1-5-32-14(29)16(31,18(20,21)22)12-7-8-13(10(3)9-12)27-17(19(23,24)25,26-11(4)28)15(30)33-6-2/h7-9,27,31H,5-6H2,1-4H3,(H,26,28)/t16-,17+/m0/s1. The molecule has 0 unspecified atom stereocenters. The Labute approximate surface area is 184 Å². The van der Waals surface area contributed by atoms with Crippen molar-refractivity contribution in [2.24, 2.45) is 0 Å². The normalized spacial score (nSPS) is 15.6. The summed E-state index contributed by atoms with van der Waals surface area (Å²) in [7, 11) is 0. The van der Waals surface area contributed by atoms with E-state index in [9.17, 15) is 45.8 Å². The molecule has 8 nitrogen and oxygen atoms in total. The van der Waals surface area contributed by atoms with Crippen LogP contribution in [0.5, 0.6) is 0 Å². The number of aliphatic hydroxyl groups is 1. The van der Waals surface area contributed by atoms with Crippen LogP contribution in [0.4, 0.5) is 32.0 Å². The lowest BCUT2D eigenvalue weighted by molar-refractivity contribution is -0.267. The maximum atomic E-state index is 13.9. The number of halogens is 6. The fraction of sp³-hybridized carbons (Fsp3) is 0.526. The summed E-state index contributed by atoms with van der Waals surface area (Å²) in [6.07, 6.45) is -11.0. The highest BCUT2D eigenvalue weighted by Crippen LogP contribution is 2.42. The van der Waals surface area contributed by atoms with Crippen molar-refractivity contribution in [1.82, 2.24) is 5.32 Å². The summed E-state index contributed by atoms with van der Waals surface area (Å²) < 4.78 is 91.1. The highest BCUT2D eigenvalue weighted by atomic mass is 19.4. The Morgan fingerprint density at radius 1 is 0.939 bits per heavy atom. The van der Waals surface area contributed by atoms with E-state index in [-0.39, 0.29) is 5.56 Å². The largest absolute Gasteiger partial charge is 0.463 e. The minimum absolute atomic E-state index is 0.345. The second kappa shape index (κ2) is 9.85. The fourth-order valence-electron chi connectivity index (χ4n) is 2.76. The van der Waals surface area contributed by atoms with Crippen LogP contribution >= 0.6 is 0 Å². The topological polar surface area (TPSA) is 114 Å². The molecule has 0 spiro atoms. The number of esters is 2. The Hall–Kier alpha value is -3.03. The number of carbonyl (C=O) groups is 3. The second-order valence-electron chi connectivity index (χ2n) is 6.73. The summed E-state index contributed by atoms with van der Waals surface area (Å²) in [5.74, 6) is -5.22. The molecule has 14 heteroatoms. The van der Waals surface area contributed by atoms with E-state index in [2.05, 4.69) is 9.47 Å². The molecule has 1 rings (SSSR count). The van der Waals surface area contributed by atoms with Gasteiger partial charge < -0.3 is 25.2 Å². The molecule has 2 atom stereocenters. The number of hydrogen-bond donors (Lipinski definition) is 3. The van der Waals surface area contributed by atoms with Gasteiger partial charge in [0.2, 0.25) is 5.91 Å². The van der Waals surface area contributed by atoms with Crippen molar-refractivity contribution in [1.29, 1.82) is 0 Å². The van der Waals surface area contributed by atoms with Crippen molar-refractivity contribution in [2.45, 2.75) is 51.3 Å². The molecule has 33 heavy (non-hydrogen) atoms. The van der Waals surface area contributed by atoms with Crippen LogP contribution in [0.3, 0.4) is 0 Å². The monoisotopic (exact) mass is 488 g/mol. The number of nitrogens with one attached hydrogen (secondary N) is 2. The minimum atomic E-state index is -5.53. The summed E-state index contributed by atoms with van der Waals surface area (Å²) in [4.78, 5) is 35.6. The minimum Gasteiger partial charge on any atom is -0.463 e. The molecule has 0 aliphatic heterocycles. The quantitative estimate of drug-likeness (QED) is 0.293. The summed E-state index contributed by atoms with van der Waals surface area (Å²) >= 11 is 0. The predicted molar refractivity (Wildman–Crippen MR) is 101 cm³/mol. The molecule has 0 aliphatic carbocycles. The number of alkyl halides is 6. The van der Waals surface area contributed by atoms with Gasteiger partial charge in [0.25, 0.3) is 5.60 Å². The highest BCUT2D eigenvalue weighted by Gasteiger charge is 2.64. The third kappa shape index (κ3) is 5.49. The molecule has 0 saturated carbocycles. The number of hydrogen-bond acceptors (Lipinski definition) is 7. The van der Waals surface area contributed by atoms with E-state index < -0.39 is 65.9 Å². The van der Waals surface area contributed by atoms with Gasteiger partial charge in [0.05, 0.1) is 13.2 Å². The van der Waals surface area contributed by atoms with Gasteiger partial charge in [-0.3, -0.25) is 4.79 Å². The van der Waals surface area contributed by atoms with Gasteiger partial charge in [0.1, 0.15) is 0 Å². The number of anilines is 1. The van der Waals surface area contributed by atoms with Gasteiger partial charge in [-0.2, -0.15) is 26.3 Å². The van der Waals surface area contributed by atoms with Crippen LogP contribution in [0.15, 0.2) is 18.2 Å². The number of carbonyl (C=O) groups excluding carboxylic acids is 3. The first-order valence-electron chi connectivity index (χ1n) is 9.36. The van der Waals surface area contributed by atoms with Gasteiger partial charge in [-0.15, -0.1) is 0 Å². The molecule has 0 radical (unpaired) electrons. The van der Waals surface area contributed by atoms with Crippen LogP contribution in [0.1, 0.15) is 31.9 Å². The lowest BCUT2D eigenvalue weighted by Crippen LogP contribution is -2.69. The van der Waals surface area contributed by atoms with Gasteiger partial charge in [0, 0.05) is 18.2 Å². The predicted octanol–water partition coefficient (Wildman–Crippen LogP) is 2.68.